The number of aliphatic hydroxyl groups is 1. The average molecular weight is 260 g/mol. The molecular weight excluding hydrogens is 236 g/mol. The van der Waals surface area contributed by atoms with Gasteiger partial charge in [0.15, 0.2) is 0 Å². The number of hydrogen-bond acceptors (Lipinski definition) is 3. The van der Waals surface area contributed by atoms with Gasteiger partial charge in [-0.15, -0.1) is 0 Å². The van der Waals surface area contributed by atoms with Gasteiger partial charge >= 0.3 is 0 Å². The number of rotatable bonds is 5. The van der Waals surface area contributed by atoms with Crippen molar-refractivity contribution in [3.63, 3.8) is 0 Å². The lowest BCUT2D eigenvalue weighted by Crippen LogP contribution is -2.07. The van der Waals surface area contributed by atoms with Gasteiger partial charge in [0.2, 0.25) is 0 Å². The Balaban J connectivity index is 1.99. The van der Waals surface area contributed by atoms with Crippen LogP contribution in [-0.2, 0) is 0 Å². The molecule has 1 aliphatic carbocycles. The summed E-state index contributed by atoms with van der Waals surface area (Å²) in [6, 6.07) is 2.01. The van der Waals surface area contributed by atoms with E-state index in [9.17, 15) is 5.11 Å². The molecule has 0 radical (unpaired) electrons. The predicted molar refractivity (Wildman–Crippen MR) is 78.5 cm³/mol. The van der Waals surface area contributed by atoms with Crippen LogP contribution in [0.3, 0.4) is 0 Å². The maximum absolute atomic E-state index is 9.92. The predicted octanol–water partition coefficient (Wildman–Crippen LogP) is 3.06. The Kier molecular flexibility index (Phi) is 5.55. The average Bonchev–Trinajstić information content (AvgIpc) is 2.47. The third-order valence-corrected chi connectivity index (χ3v) is 3.82. The Morgan fingerprint density at radius 2 is 2.11 bits per heavy atom. The van der Waals surface area contributed by atoms with Crippen LogP contribution in [-0.4, -0.2) is 16.6 Å². The summed E-state index contributed by atoms with van der Waals surface area (Å²) in [6.07, 6.45) is 14.8. The molecule has 1 aromatic heterocycles. The molecule has 19 heavy (non-hydrogen) atoms. The zero-order valence-corrected chi connectivity index (χ0v) is 11.5. The topological polar surface area (TPSA) is 59.1 Å². The smallest absolute Gasteiger partial charge is 0.0817 e. The third kappa shape index (κ3) is 4.44. The SMILES string of the molecule is NCCC(O)c1cncc(/C=C/C2CCCCC2)c1. The van der Waals surface area contributed by atoms with E-state index in [1.54, 1.807) is 6.20 Å². The van der Waals surface area contributed by atoms with E-state index >= 15 is 0 Å². The second-order valence-corrected chi connectivity index (χ2v) is 5.40. The fourth-order valence-electron chi connectivity index (χ4n) is 2.65. The Bertz CT molecular complexity index is 411. The molecule has 104 valence electrons. The second-order valence-electron chi connectivity index (χ2n) is 5.40. The number of allylic oxidation sites excluding steroid dienone is 1. The number of nitrogens with two attached hydrogens (primary N) is 1. The van der Waals surface area contributed by atoms with Crippen LogP contribution in [0.4, 0.5) is 0 Å². The van der Waals surface area contributed by atoms with Crippen molar-refractivity contribution in [3.05, 3.63) is 35.7 Å². The number of aromatic nitrogens is 1. The van der Waals surface area contributed by atoms with Crippen molar-refractivity contribution < 1.29 is 5.11 Å². The molecule has 1 fully saturated rings. The summed E-state index contributed by atoms with van der Waals surface area (Å²) < 4.78 is 0. The van der Waals surface area contributed by atoms with Crippen molar-refractivity contribution in [3.8, 4) is 0 Å². The maximum Gasteiger partial charge on any atom is 0.0817 e. The molecule has 0 aromatic carbocycles. The molecule has 1 aliphatic rings. The Morgan fingerprint density at radius 3 is 2.84 bits per heavy atom. The zero-order chi connectivity index (χ0) is 13.5. The molecule has 3 heteroatoms. The minimum absolute atomic E-state index is 0.489. The van der Waals surface area contributed by atoms with Crippen molar-refractivity contribution in [2.45, 2.75) is 44.6 Å². The van der Waals surface area contributed by atoms with Gasteiger partial charge in [0.25, 0.3) is 0 Å². The van der Waals surface area contributed by atoms with Gasteiger partial charge in [-0.1, -0.05) is 31.4 Å². The van der Waals surface area contributed by atoms with Crippen molar-refractivity contribution in [2.75, 3.05) is 6.54 Å². The van der Waals surface area contributed by atoms with Crippen LogP contribution < -0.4 is 5.73 Å². The maximum atomic E-state index is 9.92. The number of nitrogens with zero attached hydrogens (tertiary/aromatic N) is 1. The van der Waals surface area contributed by atoms with Gasteiger partial charge in [-0.05, 0) is 48.9 Å². The number of pyridine rings is 1. The Labute approximate surface area is 115 Å². The molecular formula is C16H24N2O. The summed E-state index contributed by atoms with van der Waals surface area (Å²) in [5.41, 5.74) is 7.39. The van der Waals surface area contributed by atoms with Crippen LogP contribution in [0.25, 0.3) is 6.08 Å². The van der Waals surface area contributed by atoms with Crippen LogP contribution in [0.2, 0.25) is 0 Å². The minimum atomic E-state index is -0.500. The first-order valence-electron chi connectivity index (χ1n) is 7.31. The van der Waals surface area contributed by atoms with Gasteiger partial charge in [-0.25, -0.2) is 0 Å². The molecule has 1 aromatic rings. The first-order valence-corrected chi connectivity index (χ1v) is 7.31. The highest BCUT2D eigenvalue weighted by atomic mass is 16.3. The monoisotopic (exact) mass is 260 g/mol. The highest BCUT2D eigenvalue weighted by Gasteiger charge is 2.10. The van der Waals surface area contributed by atoms with Crippen LogP contribution in [0, 0.1) is 5.92 Å². The van der Waals surface area contributed by atoms with E-state index in [1.165, 1.54) is 32.1 Å². The number of aliphatic hydroxyl groups excluding tert-OH is 1. The molecule has 1 saturated carbocycles. The fourth-order valence-corrected chi connectivity index (χ4v) is 2.65. The molecule has 1 atom stereocenters. The summed E-state index contributed by atoms with van der Waals surface area (Å²) >= 11 is 0. The van der Waals surface area contributed by atoms with E-state index in [0.29, 0.717) is 18.9 Å². The van der Waals surface area contributed by atoms with E-state index in [0.717, 1.165) is 11.1 Å². The quantitative estimate of drug-likeness (QED) is 0.855. The summed E-state index contributed by atoms with van der Waals surface area (Å²) in [5, 5.41) is 9.92. The van der Waals surface area contributed by atoms with Gasteiger partial charge in [0, 0.05) is 12.4 Å². The molecule has 2 rings (SSSR count). The van der Waals surface area contributed by atoms with Crippen LogP contribution in [0.5, 0.6) is 0 Å². The molecule has 0 aliphatic heterocycles. The van der Waals surface area contributed by atoms with Crippen LogP contribution >= 0.6 is 0 Å². The fraction of sp³-hybridized carbons (Fsp3) is 0.562. The van der Waals surface area contributed by atoms with Gasteiger partial charge in [-0.2, -0.15) is 0 Å². The molecule has 0 spiro atoms. The molecule has 1 heterocycles. The lowest BCUT2D eigenvalue weighted by molar-refractivity contribution is 0.170. The summed E-state index contributed by atoms with van der Waals surface area (Å²) in [7, 11) is 0. The summed E-state index contributed by atoms with van der Waals surface area (Å²) in [6.45, 7) is 0.489. The normalized spacial score (nSPS) is 18.8. The van der Waals surface area contributed by atoms with Gasteiger partial charge in [-0.3, -0.25) is 4.98 Å². The van der Waals surface area contributed by atoms with E-state index in [-0.39, 0.29) is 0 Å². The van der Waals surface area contributed by atoms with E-state index in [2.05, 4.69) is 17.1 Å². The van der Waals surface area contributed by atoms with Crippen molar-refractivity contribution >= 4 is 6.08 Å². The van der Waals surface area contributed by atoms with Crippen molar-refractivity contribution in [2.24, 2.45) is 11.7 Å². The van der Waals surface area contributed by atoms with E-state index in [4.69, 9.17) is 5.73 Å². The van der Waals surface area contributed by atoms with Gasteiger partial charge in [0.1, 0.15) is 0 Å². The molecule has 3 nitrogen and oxygen atoms in total. The highest BCUT2D eigenvalue weighted by molar-refractivity contribution is 5.49. The first kappa shape index (κ1) is 14.2. The molecule has 3 N–H and O–H groups in total. The molecule has 0 amide bonds. The standard InChI is InChI=1S/C16H24N2O/c17-9-8-16(19)15-10-14(11-18-12-15)7-6-13-4-2-1-3-5-13/h6-7,10-13,16,19H,1-5,8-9,17H2/b7-6+. The van der Waals surface area contributed by atoms with Gasteiger partial charge in [0.05, 0.1) is 6.10 Å². The molecule has 0 bridgehead atoms. The first-order chi connectivity index (χ1) is 9.29. The minimum Gasteiger partial charge on any atom is -0.388 e. The molecule has 1 unspecified atom stereocenters. The molecule has 0 saturated heterocycles. The van der Waals surface area contributed by atoms with E-state index < -0.39 is 6.10 Å². The summed E-state index contributed by atoms with van der Waals surface area (Å²) in [4.78, 5) is 4.20. The van der Waals surface area contributed by atoms with Crippen molar-refractivity contribution in [1.29, 1.82) is 0 Å². The van der Waals surface area contributed by atoms with E-state index in [1.807, 2.05) is 12.3 Å². The lowest BCUT2D eigenvalue weighted by atomic mass is 9.89. The Morgan fingerprint density at radius 1 is 1.32 bits per heavy atom. The van der Waals surface area contributed by atoms with Crippen molar-refractivity contribution in [1.82, 2.24) is 4.98 Å². The Hall–Kier alpha value is -1.19. The number of hydrogen-bond donors (Lipinski definition) is 2. The van der Waals surface area contributed by atoms with Gasteiger partial charge < -0.3 is 10.8 Å². The summed E-state index contributed by atoms with van der Waals surface area (Å²) in [5.74, 6) is 0.714. The van der Waals surface area contributed by atoms with Crippen LogP contribution in [0.15, 0.2) is 24.5 Å². The largest absolute Gasteiger partial charge is 0.388 e. The van der Waals surface area contributed by atoms with Crippen LogP contribution in [0.1, 0.15) is 55.8 Å². The second kappa shape index (κ2) is 7.41. The third-order valence-electron chi connectivity index (χ3n) is 3.82. The zero-order valence-electron chi connectivity index (χ0n) is 11.5. The lowest BCUT2D eigenvalue weighted by Gasteiger charge is -2.17. The highest BCUT2D eigenvalue weighted by Crippen LogP contribution is 2.25.